The number of halogens is 2. The number of nitrogens with zero attached hydrogens (tertiary/aromatic N) is 1. The molecular weight excluding hydrogens is 509 g/mol. The van der Waals surface area contributed by atoms with E-state index in [-0.39, 0.29) is 34.2 Å². The van der Waals surface area contributed by atoms with Crippen LogP contribution in [-0.2, 0) is 20.5 Å². The molecule has 8 heteroatoms. The highest BCUT2D eigenvalue weighted by molar-refractivity contribution is 6.37. The largest absolute Gasteiger partial charge is 0.325 e. The van der Waals surface area contributed by atoms with Gasteiger partial charge < -0.3 is 10.6 Å². The number of hydrogen-bond acceptors (Lipinski definition) is 4. The van der Waals surface area contributed by atoms with Crippen molar-refractivity contribution in [3.05, 3.63) is 93.0 Å². The first-order valence-electron chi connectivity index (χ1n) is 12.4. The minimum absolute atomic E-state index is 0.199. The van der Waals surface area contributed by atoms with Crippen molar-refractivity contribution in [2.45, 2.75) is 36.8 Å². The molecule has 2 amide bonds. The van der Waals surface area contributed by atoms with E-state index in [1.165, 1.54) is 6.07 Å². The van der Waals surface area contributed by atoms with Crippen molar-refractivity contribution < 1.29 is 14.4 Å². The lowest BCUT2D eigenvalue weighted by Gasteiger charge is -2.38. The van der Waals surface area contributed by atoms with E-state index < -0.39 is 16.9 Å². The molecule has 3 aromatic carbocycles. The van der Waals surface area contributed by atoms with Crippen LogP contribution in [0.2, 0.25) is 10.0 Å². The predicted octanol–water partition coefficient (Wildman–Crippen LogP) is 5.32. The van der Waals surface area contributed by atoms with Gasteiger partial charge in [0.1, 0.15) is 11.0 Å². The summed E-state index contributed by atoms with van der Waals surface area (Å²) in [6, 6.07) is 17.7. The van der Waals surface area contributed by atoms with Crippen LogP contribution >= 0.6 is 23.2 Å². The third-order valence-electron chi connectivity index (χ3n) is 8.83. The van der Waals surface area contributed by atoms with Crippen LogP contribution in [0.4, 0.5) is 11.4 Å². The van der Waals surface area contributed by atoms with Gasteiger partial charge in [0.15, 0.2) is 5.78 Å². The fourth-order valence-corrected chi connectivity index (χ4v) is 8.07. The number of rotatable bonds is 2. The van der Waals surface area contributed by atoms with Gasteiger partial charge in [-0.25, -0.2) is 0 Å². The van der Waals surface area contributed by atoms with Gasteiger partial charge >= 0.3 is 0 Å². The summed E-state index contributed by atoms with van der Waals surface area (Å²) < 4.78 is 0. The summed E-state index contributed by atoms with van der Waals surface area (Å²) in [6.45, 7) is 2.54. The second-order valence-electron chi connectivity index (χ2n) is 10.4. The lowest BCUT2D eigenvalue weighted by atomic mass is 9.60. The average molecular weight is 532 g/mol. The first-order chi connectivity index (χ1) is 17.8. The number of para-hydroxylation sites is 2. The summed E-state index contributed by atoms with van der Waals surface area (Å²) in [5, 5.41) is 6.76. The minimum atomic E-state index is -1.36. The SMILES string of the molecule is Cc1cccc2c1NC(=O)[C@]21[C@@H](C(=O)c2ccc(Cl)cc2Cl)[C@@]2(C(=O)Nc3ccccc32)[C@H]2CCCN21. The maximum atomic E-state index is 14.8. The number of anilines is 2. The molecule has 0 saturated carbocycles. The van der Waals surface area contributed by atoms with Gasteiger partial charge in [0.05, 0.1) is 10.9 Å². The molecule has 0 unspecified atom stereocenters. The molecular formula is C29H23Cl2N3O3. The molecule has 37 heavy (non-hydrogen) atoms. The Balaban J connectivity index is 1.60. The number of fused-ring (bicyclic) bond motifs is 7. The number of Topliss-reactive ketones (excluding diaryl/α,β-unsaturated/α-hetero) is 1. The molecule has 0 aromatic heterocycles. The van der Waals surface area contributed by atoms with E-state index in [1.807, 2.05) is 49.4 Å². The molecule has 0 radical (unpaired) electrons. The van der Waals surface area contributed by atoms with Crippen LogP contribution in [0.1, 0.15) is 39.9 Å². The zero-order chi connectivity index (χ0) is 25.7. The number of nitrogens with one attached hydrogen (secondary N) is 2. The highest BCUT2D eigenvalue weighted by Gasteiger charge is 2.78. The predicted molar refractivity (Wildman–Crippen MR) is 142 cm³/mol. The van der Waals surface area contributed by atoms with Crippen LogP contribution in [0.15, 0.2) is 60.7 Å². The number of aryl methyl sites for hydroxylation is 1. The topological polar surface area (TPSA) is 78.5 Å². The Morgan fingerprint density at radius 3 is 2.57 bits per heavy atom. The van der Waals surface area contributed by atoms with Gasteiger partial charge in [-0.1, -0.05) is 59.6 Å². The van der Waals surface area contributed by atoms with Crippen molar-refractivity contribution in [2.24, 2.45) is 5.92 Å². The van der Waals surface area contributed by atoms with E-state index in [0.717, 1.165) is 23.1 Å². The molecule has 4 atom stereocenters. The van der Waals surface area contributed by atoms with Crippen LogP contribution in [0.3, 0.4) is 0 Å². The van der Waals surface area contributed by atoms with Crippen molar-refractivity contribution in [2.75, 3.05) is 17.2 Å². The molecule has 186 valence electrons. The van der Waals surface area contributed by atoms with Crippen molar-refractivity contribution in [3.63, 3.8) is 0 Å². The molecule has 2 saturated heterocycles. The summed E-state index contributed by atoms with van der Waals surface area (Å²) in [5.41, 5.74) is 1.41. The Morgan fingerprint density at radius 1 is 0.973 bits per heavy atom. The Kier molecular flexibility index (Phi) is 4.76. The number of amides is 2. The van der Waals surface area contributed by atoms with E-state index in [4.69, 9.17) is 23.2 Å². The zero-order valence-electron chi connectivity index (χ0n) is 20.0. The van der Waals surface area contributed by atoms with Crippen molar-refractivity contribution in [1.82, 2.24) is 4.90 Å². The van der Waals surface area contributed by atoms with E-state index in [0.29, 0.717) is 29.4 Å². The summed E-state index contributed by atoms with van der Waals surface area (Å²) in [6.07, 6.45) is 1.51. The molecule has 4 aliphatic rings. The molecule has 0 bridgehead atoms. The summed E-state index contributed by atoms with van der Waals surface area (Å²) in [7, 11) is 0. The molecule has 7 rings (SSSR count). The third kappa shape index (κ3) is 2.63. The Bertz CT molecular complexity index is 1560. The maximum Gasteiger partial charge on any atom is 0.250 e. The van der Waals surface area contributed by atoms with Crippen molar-refractivity contribution in [3.8, 4) is 0 Å². The Hall–Kier alpha value is -3.19. The van der Waals surface area contributed by atoms with Gasteiger partial charge in [0.25, 0.3) is 0 Å². The van der Waals surface area contributed by atoms with Gasteiger partial charge in [-0.2, -0.15) is 0 Å². The molecule has 2 fully saturated rings. The van der Waals surface area contributed by atoms with E-state index in [2.05, 4.69) is 15.5 Å². The van der Waals surface area contributed by atoms with Crippen molar-refractivity contribution in [1.29, 1.82) is 0 Å². The molecule has 2 spiro atoms. The van der Waals surface area contributed by atoms with Gasteiger partial charge in [-0.3, -0.25) is 19.3 Å². The number of hydrogen-bond donors (Lipinski definition) is 2. The first-order valence-corrected chi connectivity index (χ1v) is 13.2. The fraction of sp³-hybridized carbons (Fsp3) is 0.276. The summed E-state index contributed by atoms with van der Waals surface area (Å²) >= 11 is 12.8. The van der Waals surface area contributed by atoms with Crippen LogP contribution < -0.4 is 10.6 Å². The number of carbonyl (C=O) groups is 3. The third-order valence-corrected chi connectivity index (χ3v) is 9.38. The number of benzene rings is 3. The molecule has 0 aliphatic carbocycles. The van der Waals surface area contributed by atoms with Crippen LogP contribution in [0, 0.1) is 12.8 Å². The second kappa shape index (κ2) is 7.67. The summed E-state index contributed by atoms with van der Waals surface area (Å²) in [4.78, 5) is 45.5. The Labute approximate surface area is 223 Å². The second-order valence-corrected chi connectivity index (χ2v) is 11.2. The van der Waals surface area contributed by atoms with Crippen LogP contribution in [-0.4, -0.2) is 35.1 Å². The molecule has 4 aliphatic heterocycles. The fourth-order valence-electron chi connectivity index (χ4n) is 7.56. The summed E-state index contributed by atoms with van der Waals surface area (Å²) in [5.74, 6) is -1.91. The standard InChI is InChI=1S/C29H23Cl2N3O3/c1-15-6-4-8-19-23(15)33-27(37)29(19)25(24(35)17-12-11-16(30)14-20(17)31)28(22-10-5-13-34(22)29)18-7-2-3-9-21(18)32-26(28)36/h2-4,6-9,11-12,14,22,25H,5,10,13H2,1H3,(H,32,36)(H,33,37)/t22-,25+,28+,29-/m1/s1. The first kappa shape index (κ1) is 23.0. The normalized spacial score (nSPS) is 29.4. The van der Waals surface area contributed by atoms with E-state index in [1.54, 1.807) is 12.1 Å². The van der Waals surface area contributed by atoms with Gasteiger partial charge in [-0.15, -0.1) is 0 Å². The van der Waals surface area contributed by atoms with Crippen molar-refractivity contribution >= 4 is 52.2 Å². The molecule has 2 N–H and O–H groups in total. The van der Waals surface area contributed by atoms with E-state index in [9.17, 15) is 14.4 Å². The van der Waals surface area contributed by atoms with Gasteiger partial charge in [0, 0.05) is 33.6 Å². The lowest BCUT2D eigenvalue weighted by Crippen LogP contribution is -2.55. The van der Waals surface area contributed by atoms with Gasteiger partial charge in [0.2, 0.25) is 11.8 Å². The highest BCUT2D eigenvalue weighted by Crippen LogP contribution is 2.66. The number of carbonyl (C=O) groups excluding carboxylic acids is 3. The smallest absolute Gasteiger partial charge is 0.250 e. The molecule has 4 heterocycles. The van der Waals surface area contributed by atoms with Crippen LogP contribution in [0.5, 0.6) is 0 Å². The minimum Gasteiger partial charge on any atom is -0.325 e. The average Bonchev–Trinajstić information content (AvgIpc) is 3.59. The number of ketones is 1. The zero-order valence-corrected chi connectivity index (χ0v) is 21.5. The monoisotopic (exact) mass is 531 g/mol. The van der Waals surface area contributed by atoms with Gasteiger partial charge in [-0.05, 0) is 61.7 Å². The molecule has 6 nitrogen and oxygen atoms in total. The molecule has 3 aromatic rings. The quantitative estimate of drug-likeness (QED) is 0.439. The Morgan fingerprint density at radius 2 is 1.76 bits per heavy atom. The van der Waals surface area contributed by atoms with E-state index >= 15 is 0 Å². The van der Waals surface area contributed by atoms with Crippen LogP contribution in [0.25, 0.3) is 0 Å². The highest BCUT2D eigenvalue weighted by atomic mass is 35.5. The lowest BCUT2D eigenvalue weighted by molar-refractivity contribution is -0.128. The maximum absolute atomic E-state index is 14.8.